The SMILES string of the molecule is O=C(O)CCCOCCOC1CCCCO1. The fourth-order valence-electron chi connectivity index (χ4n) is 1.51. The summed E-state index contributed by atoms with van der Waals surface area (Å²) in [5.41, 5.74) is 0. The quantitative estimate of drug-likeness (QED) is 0.641. The van der Waals surface area contributed by atoms with Gasteiger partial charge in [0.1, 0.15) is 0 Å². The molecule has 5 nitrogen and oxygen atoms in total. The average molecular weight is 232 g/mol. The Hall–Kier alpha value is -0.650. The molecule has 0 radical (unpaired) electrons. The molecule has 1 fully saturated rings. The molecule has 0 saturated carbocycles. The molecule has 0 amide bonds. The van der Waals surface area contributed by atoms with Crippen LogP contribution in [0.4, 0.5) is 0 Å². The maximum atomic E-state index is 10.2. The topological polar surface area (TPSA) is 65.0 Å². The third-order valence-corrected chi connectivity index (χ3v) is 2.35. The molecule has 1 N–H and O–H groups in total. The summed E-state index contributed by atoms with van der Waals surface area (Å²) in [4.78, 5) is 10.2. The monoisotopic (exact) mass is 232 g/mol. The standard InChI is InChI=1S/C11H20O5/c12-10(13)4-3-6-14-8-9-16-11-5-1-2-7-15-11/h11H,1-9H2,(H,12,13). The van der Waals surface area contributed by atoms with Crippen LogP contribution in [0.2, 0.25) is 0 Å². The summed E-state index contributed by atoms with van der Waals surface area (Å²) < 4.78 is 16.1. The fraction of sp³-hybridized carbons (Fsp3) is 0.909. The number of carbonyl (C=O) groups is 1. The molecule has 1 rings (SSSR count). The summed E-state index contributed by atoms with van der Waals surface area (Å²) in [7, 11) is 0. The van der Waals surface area contributed by atoms with Crippen molar-refractivity contribution in [2.24, 2.45) is 0 Å². The minimum atomic E-state index is -0.782. The normalized spacial score (nSPS) is 20.9. The van der Waals surface area contributed by atoms with Gasteiger partial charge in [-0.3, -0.25) is 4.79 Å². The summed E-state index contributed by atoms with van der Waals surface area (Å²) in [5.74, 6) is -0.782. The van der Waals surface area contributed by atoms with Crippen molar-refractivity contribution in [3.05, 3.63) is 0 Å². The van der Waals surface area contributed by atoms with Gasteiger partial charge in [-0.05, 0) is 25.7 Å². The second-order valence-corrected chi connectivity index (χ2v) is 3.78. The number of ether oxygens (including phenoxy) is 3. The summed E-state index contributed by atoms with van der Waals surface area (Å²) in [5, 5.41) is 8.39. The van der Waals surface area contributed by atoms with E-state index in [0.29, 0.717) is 26.2 Å². The van der Waals surface area contributed by atoms with Gasteiger partial charge in [0.05, 0.1) is 13.2 Å². The van der Waals surface area contributed by atoms with E-state index < -0.39 is 5.97 Å². The van der Waals surface area contributed by atoms with Crippen LogP contribution in [0.25, 0.3) is 0 Å². The first kappa shape index (κ1) is 13.4. The first-order chi connectivity index (χ1) is 7.79. The third-order valence-electron chi connectivity index (χ3n) is 2.35. The van der Waals surface area contributed by atoms with Crippen molar-refractivity contribution in [3.63, 3.8) is 0 Å². The predicted octanol–water partition coefficient (Wildman–Crippen LogP) is 1.41. The van der Waals surface area contributed by atoms with Crippen molar-refractivity contribution in [1.82, 2.24) is 0 Å². The van der Waals surface area contributed by atoms with Gasteiger partial charge in [0.25, 0.3) is 0 Å². The Morgan fingerprint density at radius 1 is 1.31 bits per heavy atom. The van der Waals surface area contributed by atoms with Crippen molar-refractivity contribution >= 4 is 5.97 Å². The van der Waals surface area contributed by atoms with Crippen LogP contribution in [-0.2, 0) is 19.0 Å². The van der Waals surface area contributed by atoms with Crippen molar-refractivity contribution in [2.45, 2.75) is 38.4 Å². The largest absolute Gasteiger partial charge is 0.481 e. The molecule has 1 heterocycles. The van der Waals surface area contributed by atoms with Gasteiger partial charge >= 0.3 is 5.97 Å². The van der Waals surface area contributed by atoms with E-state index in [-0.39, 0.29) is 12.7 Å². The molecule has 0 aromatic rings. The van der Waals surface area contributed by atoms with Crippen LogP contribution in [-0.4, -0.2) is 43.8 Å². The van der Waals surface area contributed by atoms with Crippen LogP contribution in [0.15, 0.2) is 0 Å². The summed E-state index contributed by atoms with van der Waals surface area (Å²) >= 11 is 0. The highest BCUT2D eigenvalue weighted by atomic mass is 16.7. The molecule has 1 unspecified atom stereocenters. The van der Waals surface area contributed by atoms with Crippen LogP contribution >= 0.6 is 0 Å². The first-order valence-electron chi connectivity index (χ1n) is 5.82. The van der Waals surface area contributed by atoms with Gasteiger partial charge in [0.15, 0.2) is 6.29 Å². The maximum Gasteiger partial charge on any atom is 0.303 e. The molecule has 16 heavy (non-hydrogen) atoms. The van der Waals surface area contributed by atoms with Gasteiger partial charge < -0.3 is 19.3 Å². The summed E-state index contributed by atoms with van der Waals surface area (Å²) in [6, 6.07) is 0. The van der Waals surface area contributed by atoms with E-state index in [1.807, 2.05) is 0 Å². The van der Waals surface area contributed by atoms with Gasteiger partial charge in [0.2, 0.25) is 0 Å². The lowest BCUT2D eigenvalue weighted by molar-refractivity contribution is -0.169. The average Bonchev–Trinajstić information content (AvgIpc) is 2.29. The van der Waals surface area contributed by atoms with Crippen LogP contribution in [0.3, 0.4) is 0 Å². The molecule has 0 bridgehead atoms. The van der Waals surface area contributed by atoms with E-state index in [2.05, 4.69) is 0 Å². The molecular weight excluding hydrogens is 212 g/mol. The van der Waals surface area contributed by atoms with Crippen molar-refractivity contribution in [3.8, 4) is 0 Å². The van der Waals surface area contributed by atoms with Crippen LogP contribution in [0.5, 0.6) is 0 Å². The van der Waals surface area contributed by atoms with E-state index in [1.54, 1.807) is 0 Å². The highest BCUT2D eigenvalue weighted by Crippen LogP contribution is 2.13. The molecule has 0 aromatic carbocycles. The minimum Gasteiger partial charge on any atom is -0.481 e. The summed E-state index contributed by atoms with van der Waals surface area (Å²) in [6.45, 7) is 2.27. The van der Waals surface area contributed by atoms with Crippen molar-refractivity contribution < 1.29 is 24.1 Å². The Bertz CT molecular complexity index is 189. The zero-order valence-corrected chi connectivity index (χ0v) is 9.52. The van der Waals surface area contributed by atoms with Gasteiger partial charge in [-0.15, -0.1) is 0 Å². The highest BCUT2D eigenvalue weighted by Gasteiger charge is 2.13. The van der Waals surface area contributed by atoms with E-state index in [1.165, 1.54) is 0 Å². The Labute approximate surface area is 95.7 Å². The molecule has 1 atom stereocenters. The number of rotatable bonds is 8. The lowest BCUT2D eigenvalue weighted by Crippen LogP contribution is -2.24. The van der Waals surface area contributed by atoms with Gasteiger partial charge in [0, 0.05) is 19.6 Å². The Kier molecular flexibility index (Phi) is 7.12. The van der Waals surface area contributed by atoms with Crippen LogP contribution in [0, 0.1) is 0 Å². The molecule has 0 aromatic heterocycles. The second kappa shape index (κ2) is 8.50. The number of carboxylic acid groups (broad SMARTS) is 1. The molecule has 0 spiro atoms. The molecule has 5 heteroatoms. The van der Waals surface area contributed by atoms with Gasteiger partial charge in [-0.1, -0.05) is 0 Å². The lowest BCUT2D eigenvalue weighted by atomic mass is 10.2. The number of hydrogen-bond donors (Lipinski definition) is 1. The second-order valence-electron chi connectivity index (χ2n) is 3.78. The molecule has 94 valence electrons. The van der Waals surface area contributed by atoms with Crippen molar-refractivity contribution in [2.75, 3.05) is 26.4 Å². The number of aliphatic carboxylic acids is 1. The first-order valence-corrected chi connectivity index (χ1v) is 5.82. The molecule has 1 aliphatic heterocycles. The minimum absolute atomic E-state index is 0.0728. The predicted molar refractivity (Wildman–Crippen MR) is 57.2 cm³/mol. The summed E-state index contributed by atoms with van der Waals surface area (Å²) in [6.07, 6.45) is 3.87. The highest BCUT2D eigenvalue weighted by molar-refractivity contribution is 5.66. The molecule has 1 aliphatic rings. The van der Waals surface area contributed by atoms with Gasteiger partial charge in [-0.25, -0.2) is 0 Å². The van der Waals surface area contributed by atoms with Crippen molar-refractivity contribution in [1.29, 1.82) is 0 Å². The number of hydrogen-bond acceptors (Lipinski definition) is 4. The molecule has 0 aliphatic carbocycles. The zero-order valence-electron chi connectivity index (χ0n) is 9.52. The van der Waals surface area contributed by atoms with E-state index >= 15 is 0 Å². The number of carboxylic acids is 1. The van der Waals surface area contributed by atoms with E-state index in [0.717, 1.165) is 25.9 Å². The van der Waals surface area contributed by atoms with Gasteiger partial charge in [-0.2, -0.15) is 0 Å². The molecule has 1 saturated heterocycles. The van der Waals surface area contributed by atoms with Crippen LogP contribution in [0.1, 0.15) is 32.1 Å². The zero-order chi connectivity index (χ0) is 11.6. The maximum absolute atomic E-state index is 10.2. The Morgan fingerprint density at radius 2 is 2.19 bits per heavy atom. The lowest BCUT2D eigenvalue weighted by Gasteiger charge is -2.22. The molecular formula is C11H20O5. The van der Waals surface area contributed by atoms with Crippen LogP contribution < -0.4 is 0 Å². The Balaban J connectivity index is 1.82. The third kappa shape index (κ3) is 6.76. The Morgan fingerprint density at radius 3 is 2.88 bits per heavy atom. The fourth-order valence-corrected chi connectivity index (χ4v) is 1.51. The smallest absolute Gasteiger partial charge is 0.303 e. The van der Waals surface area contributed by atoms with E-state index in [4.69, 9.17) is 19.3 Å². The van der Waals surface area contributed by atoms with E-state index in [9.17, 15) is 4.79 Å².